The van der Waals surface area contributed by atoms with Crippen molar-refractivity contribution in [3.05, 3.63) is 59.5 Å². The molecule has 4 rings (SSSR count). The minimum Gasteiger partial charge on any atom is -0.454 e. The molecule has 2 aromatic carbocycles. The number of ether oxygens (including phenoxy) is 2. The van der Waals surface area contributed by atoms with E-state index in [2.05, 4.69) is 10.3 Å². The van der Waals surface area contributed by atoms with Gasteiger partial charge in [-0.2, -0.15) is 0 Å². The number of aromatic amines is 1. The van der Waals surface area contributed by atoms with Crippen molar-refractivity contribution >= 4 is 16.8 Å². The molecule has 0 radical (unpaired) electrons. The first-order valence-corrected chi connectivity index (χ1v) is 8.62. The summed E-state index contributed by atoms with van der Waals surface area (Å²) in [6.07, 6.45) is 0. The van der Waals surface area contributed by atoms with Crippen LogP contribution >= 0.6 is 0 Å². The molecule has 7 heteroatoms. The highest BCUT2D eigenvalue weighted by molar-refractivity contribution is 5.84. The number of rotatable bonds is 5. The molecular formula is C20H20FN3O3. The van der Waals surface area contributed by atoms with E-state index in [1.807, 2.05) is 43.3 Å². The van der Waals surface area contributed by atoms with Crippen LogP contribution in [0.25, 0.3) is 10.9 Å². The van der Waals surface area contributed by atoms with Crippen molar-refractivity contribution in [1.29, 1.82) is 0 Å². The van der Waals surface area contributed by atoms with E-state index in [0.717, 1.165) is 22.2 Å². The number of halogens is 1. The number of carbonyl (C=O) groups excluding carboxylic acids is 1. The topological polar surface area (TPSA) is 66.6 Å². The Kier molecular flexibility index (Phi) is 4.45. The Morgan fingerprint density at radius 1 is 1.19 bits per heavy atom. The van der Waals surface area contributed by atoms with Crippen LogP contribution in [0.3, 0.4) is 0 Å². The standard InChI is InChI=1S/C20H20FN3O3/c1-24(2)19(12-3-6-17-18(9-12)27-11-26-17)20(25)22-10-15-8-13-7-14(21)4-5-16(13)23-15/h3-9,19,23H,10-11H2,1-2H3,(H,22,25). The zero-order valence-electron chi connectivity index (χ0n) is 15.1. The molecular weight excluding hydrogens is 349 g/mol. The monoisotopic (exact) mass is 369 g/mol. The van der Waals surface area contributed by atoms with Crippen molar-refractivity contribution in [2.24, 2.45) is 0 Å². The van der Waals surface area contributed by atoms with Gasteiger partial charge in [-0.05, 0) is 56.1 Å². The van der Waals surface area contributed by atoms with Crippen molar-refractivity contribution in [2.45, 2.75) is 12.6 Å². The van der Waals surface area contributed by atoms with Gasteiger partial charge in [0, 0.05) is 16.6 Å². The predicted molar refractivity (Wildman–Crippen MR) is 99.1 cm³/mol. The molecule has 1 unspecified atom stereocenters. The lowest BCUT2D eigenvalue weighted by atomic mass is 10.0. The first-order valence-electron chi connectivity index (χ1n) is 8.62. The Morgan fingerprint density at radius 3 is 2.81 bits per heavy atom. The maximum atomic E-state index is 13.3. The number of carbonyl (C=O) groups is 1. The molecule has 3 aromatic rings. The molecule has 2 heterocycles. The summed E-state index contributed by atoms with van der Waals surface area (Å²) in [4.78, 5) is 17.9. The zero-order valence-corrected chi connectivity index (χ0v) is 15.1. The second kappa shape index (κ2) is 6.92. The molecule has 0 spiro atoms. The number of benzene rings is 2. The van der Waals surface area contributed by atoms with Gasteiger partial charge in [0.1, 0.15) is 11.9 Å². The smallest absolute Gasteiger partial charge is 0.242 e. The van der Waals surface area contributed by atoms with Gasteiger partial charge in [0.2, 0.25) is 12.7 Å². The molecule has 0 aliphatic carbocycles. The summed E-state index contributed by atoms with van der Waals surface area (Å²) < 4.78 is 24.1. The molecule has 6 nitrogen and oxygen atoms in total. The second-order valence-corrected chi connectivity index (χ2v) is 6.72. The van der Waals surface area contributed by atoms with Gasteiger partial charge >= 0.3 is 0 Å². The van der Waals surface area contributed by atoms with Crippen LogP contribution in [0.4, 0.5) is 4.39 Å². The highest BCUT2D eigenvalue weighted by Gasteiger charge is 2.25. The molecule has 0 fully saturated rings. The molecule has 1 amide bonds. The van der Waals surface area contributed by atoms with Gasteiger partial charge in [-0.1, -0.05) is 6.07 Å². The first kappa shape index (κ1) is 17.4. The van der Waals surface area contributed by atoms with E-state index in [0.29, 0.717) is 18.0 Å². The van der Waals surface area contributed by atoms with E-state index < -0.39 is 6.04 Å². The van der Waals surface area contributed by atoms with Gasteiger partial charge in [0.15, 0.2) is 11.5 Å². The summed E-state index contributed by atoms with van der Waals surface area (Å²) in [7, 11) is 3.70. The number of fused-ring (bicyclic) bond motifs is 2. The number of nitrogens with zero attached hydrogens (tertiary/aromatic N) is 1. The summed E-state index contributed by atoms with van der Waals surface area (Å²) in [5.41, 5.74) is 2.47. The molecule has 0 saturated carbocycles. The molecule has 0 saturated heterocycles. The van der Waals surface area contributed by atoms with Crippen molar-refractivity contribution in [3.8, 4) is 11.5 Å². The van der Waals surface area contributed by atoms with Crippen LogP contribution in [-0.4, -0.2) is 36.7 Å². The van der Waals surface area contributed by atoms with Crippen LogP contribution in [0.1, 0.15) is 17.3 Å². The van der Waals surface area contributed by atoms with E-state index in [-0.39, 0.29) is 18.5 Å². The van der Waals surface area contributed by atoms with Crippen LogP contribution in [0.5, 0.6) is 11.5 Å². The number of likely N-dealkylation sites (N-methyl/N-ethyl adjacent to an activating group) is 1. The fraction of sp³-hybridized carbons (Fsp3) is 0.250. The van der Waals surface area contributed by atoms with E-state index in [9.17, 15) is 9.18 Å². The van der Waals surface area contributed by atoms with Gasteiger partial charge in [-0.15, -0.1) is 0 Å². The van der Waals surface area contributed by atoms with Crippen molar-refractivity contribution in [3.63, 3.8) is 0 Å². The van der Waals surface area contributed by atoms with Crippen molar-refractivity contribution in [2.75, 3.05) is 20.9 Å². The molecule has 140 valence electrons. The Labute approximate surface area is 155 Å². The van der Waals surface area contributed by atoms with Gasteiger partial charge < -0.3 is 19.8 Å². The summed E-state index contributed by atoms with van der Waals surface area (Å²) in [5, 5.41) is 3.72. The Morgan fingerprint density at radius 2 is 2.00 bits per heavy atom. The summed E-state index contributed by atoms with van der Waals surface area (Å²) >= 11 is 0. The van der Waals surface area contributed by atoms with Crippen LogP contribution < -0.4 is 14.8 Å². The number of H-pyrrole nitrogens is 1. The average molecular weight is 369 g/mol. The maximum absolute atomic E-state index is 13.3. The third-order valence-electron chi connectivity index (χ3n) is 4.57. The minimum absolute atomic E-state index is 0.135. The molecule has 2 N–H and O–H groups in total. The summed E-state index contributed by atoms with van der Waals surface area (Å²) in [6, 6.07) is 11.4. The number of nitrogens with one attached hydrogen (secondary N) is 2. The average Bonchev–Trinajstić information content (AvgIpc) is 3.25. The van der Waals surface area contributed by atoms with E-state index in [1.165, 1.54) is 12.1 Å². The number of aromatic nitrogens is 1. The second-order valence-electron chi connectivity index (χ2n) is 6.72. The Balaban J connectivity index is 1.50. The van der Waals surface area contributed by atoms with E-state index in [4.69, 9.17) is 9.47 Å². The van der Waals surface area contributed by atoms with Gasteiger partial charge in [-0.25, -0.2) is 4.39 Å². The quantitative estimate of drug-likeness (QED) is 0.726. The van der Waals surface area contributed by atoms with Gasteiger partial charge in [0.05, 0.1) is 6.54 Å². The minimum atomic E-state index is -0.471. The fourth-order valence-corrected chi connectivity index (χ4v) is 3.31. The first-order chi connectivity index (χ1) is 13.0. The maximum Gasteiger partial charge on any atom is 0.242 e. The number of hydrogen-bond donors (Lipinski definition) is 2. The highest BCUT2D eigenvalue weighted by Crippen LogP contribution is 2.35. The zero-order chi connectivity index (χ0) is 19.0. The van der Waals surface area contributed by atoms with Crippen LogP contribution in [-0.2, 0) is 11.3 Å². The van der Waals surface area contributed by atoms with Gasteiger partial charge in [-0.3, -0.25) is 9.69 Å². The van der Waals surface area contributed by atoms with Crippen LogP contribution in [0.2, 0.25) is 0 Å². The largest absolute Gasteiger partial charge is 0.454 e. The number of hydrogen-bond acceptors (Lipinski definition) is 4. The molecule has 1 aliphatic rings. The normalized spacial score (nSPS) is 13.9. The summed E-state index contributed by atoms with van der Waals surface area (Å²) in [5.74, 6) is 0.906. The summed E-state index contributed by atoms with van der Waals surface area (Å²) in [6.45, 7) is 0.516. The Bertz CT molecular complexity index is 999. The third kappa shape index (κ3) is 3.46. The fourth-order valence-electron chi connectivity index (χ4n) is 3.31. The lowest BCUT2D eigenvalue weighted by Crippen LogP contribution is -2.36. The van der Waals surface area contributed by atoms with Crippen LogP contribution in [0, 0.1) is 5.82 Å². The Hall–Kier alpha value is -3.06. The lowest BCUT2D eigenvalue weighted by molar-refractivity contribution is -0.126. The van der Waals surface area contributed by atoms with E-state index in [1.54, 1.807) is 6.07 Å². The van der Waals surface area contributed by atoms with Crippen molar-refractivity contribution in [1.82, 2.24) is 15.2 Å². The molecule has 0 bridgehead atoms. The van der Waals surface area contributed by atoms with Crippen molar-refractivity contribution < 1.29 is 18.7 Å². The lowest BCUT2D eigenvalue weighted by Gasteiger charge is -2.24. The number of amides is 1. The third-order valence-corrected chi connectivity index (χ3v) is 4.57. The highest BCUT2D eigenvalue weighted by atomic mass is 19.1. The molecule has 1 aromatic heterocycles. The molecule has 1 aliphatic heterocycles. The van der Waals surface area contributed by atoms with Crippen LogP contribution in [0.15, 0.2) is 42.5 Å². The molecule has 1 atom stereocenters. The van der Waals surface area contributed by atoms with Gasteiger partial charge in [0.25, 0.3) is 0 Å². The predicted octanol–water partition coefficient (Wildman–Crippen LogP) is 2.95. The van der Waals surface area contributed by atoms with E-state index >= 15 is 0 Å². The SMILES string of the molecule is CN(C)C(C(=O)NCc1cc2cc(F)ccc2[nH]1)c1ccc2c(c1)OCO2. The molecule has 27 heavy (non-hydrogen) atoms.